The fraction of sp³-hybridized carbons (Fsp3) is 0.316. The Morgan fingerprint density at radius 2 is 1.88 bits per heavy atom. The molecule has 0 aliphatic heterocycles. The van der Waals surface area contributed by atoms with Gasteiger partial charge in [-0.05, 0) is 41.7 Å². The summed E-state index contributed by atoms with van der Waals surface area (Å²) in [5.41, 5.74) is 1.91. The van der Waals surface area contributed by atoms with Crippen molar-refractivity contribution in [2.45, 2.75) is 24.9 Å². The SMILES string of the molecule is O=C(CNC1(CO)CCc2ccccc21)NCc1cc(F)cc(F)c1. The molecule has 1 aliphatic rings. The molecule has 3 N–H and O–H groups in total. The third-order valence-electron chi connectivity index (χ3n) is 4.62. The number of aliphatic hydroxyl groups is 1. The number of amides is 1. The lowest BCUT2D eigenvalue weighted by molar-refractivity contribution is -0.120. The van der Waals surface area contributed by atoms with Gasteiger partial charge in [-0.3, -0.25) is 10.1 Å². The quantitative estimate of drug-likeness (QED) is 0.750. The fourth-order valence-electron chi connectivity index (χ4n) is 3.32. The number of carbonyl (C=O) groups is 1. The monoisotopic (exact) mass is 346 g/mol. The molecule has 1 atom stereocenters. The zero-order valence-corrected chi connectivity index (χ0v) is 13.7. The molecule has 3 rings (SSSR count). The van der Waals surface area contributed by atoms with Crippen molar-refractivity contribution in [3.8, 4) is 0 Å². The van der Waals surface area contributed by atoms with E-state index >= 15 is 0 Å². The smallest absolute Gasteiger partial charge is 0.234 e. The standard InChI is InChI=1S/C19H20F2N2O2/c20-15-7-13(8-16(21)9-15)10-22-18(25)11-23-19(12-24)6-5-14-3-1-2-4-17(14)19/h1-4,7-9,23-24H,5-6,10-12H2,(H,22,25). The summed E-state index contributed by atoms with van der Waals surface area (Å²) < 4.78 is 26.3. The molecule has 0 saturated heterocycles. The van der Waals surface area contributed by atoms with E-state index in [4.69, 9.17) is 0 Å². The van der Waals surface area contributed by atoms with Crippen LogP contribution in [0.4, 0.5) is 8.78 Å². The van der Waals surface area contributed by atoms with Crippen molar-refractivity contribution in [3.05, 3.63) is 70.8 Å². The summed E-state index contributed by atoms with van der Waals surface area (Å²) in [4.78, 5) is 12.1. The molecule has 6 heteroatoms. The lowest BCUT2D eigenvalue weighted by Crippen LogP contribution is -2.48. The van der Waals surface area contributed by atoms with Gasteiger partial charge in [0.15, 0.2) is 0 Å². The van der Waals surface area contributed by atoms with E-state index in [2.05, 4.69) is 10.6 Å². The molecular weight excluding hydrogens is 326 g/mol. The minimum absolute atomic E-state index is 0.00664. The predicted molar refractivity (Wildman–Crippen MR) is 89.7 cm³/mol. The second kappa shape index (κ2) is 7.29. The van der Waals surface area contributed by atoms with E-state index < -0.39 is 17.2 Å². The first-order valence-corrected chi connectivity index (χ1v) is 8.18. The van der Waals surface area contributed by atoms with Gasteiger partial charge in [0.1, 0.15) is 11.6 Å². The molecule has 1 unspecified atom stereocenters. The Bertz CT molecular complexity index is 762. The highest BCUT2D eigenvalue weighted by Gasteiger charge is 2.37. The Morgan fingerprint density at radius 3 is 2.60 bits per heavy atom. The third kappa shape index (κ3) is 3.86. The molecule has 0 aromatic heterocycles. The van der Waals surface area contributed by atoms with Crippen LogP contribution in [0.2, 0.25) is 0 Å². The minimum Gasteiger partial charge on any atom is -0.394 e. The Balaban J connectivity index is 1.58. The number of benzene rings is 2. The lowest BCUT2D eigenvalue weighted by atomic mass is 9.92. The van der Waals surface area contributed by atoms with Crippen LogP contribution in [0.25, 0.3) is 0 Å². The average molecular weight is 346 g/mol. The van der Waals surface area contributed by atoms with Gasteiger partial charge in [-0.1, -0.05) is 24.3 Å². The summed E-state index contributed by atoms with van der Waals surface area (Å²) >= 11 is 0. The van der Waals surface area contributed by atoms with Gasteiger partial charge in [0, 0.05) is 12.6 Å². The van der Waals surface area contributed by atoms with Crippen LogP contribution >= 0.6 is 0 Å². The Labute approximate surface area is 144 Å². The summed E-state index contributed by atoms with van der Waals surface area (Å²) in [5, 5.41) is 15.6. The molecule has 1 amide bonds. The van der Waals surface area contributed by atoms with E-state index in [-0.39, 0.29) is 25.6 Å². The van der Waals surface area contributed by atoms with Gasteiger partial charge in [0.25, 0.3) is 0 Å². The van der Waals surface area contributed by atoms with Crippen LogP contribution < -0.4 is 10.6 Å². The summed E-state index contributed by atoms with van der Waals surface area (Å²) in [6.45, 7) is -0.0585. The first-order chi connectivity index (χ1) is 12.0. The maximum Gasteiger partial charge on any atom is 0.234 e. The van der Waals surface area contributed by atoms with E-state index in [0.717, 1.165) is 18.1 Å². The third-order valence-corrected chi connectivity index (χ3v) is 4.62. The highest BCUT2D eigenvalue weighted by Crippen LogP contribution is 2.36. The average Bonchev–Trinajstić information content (AvgIpc) is 2.97. The van der Waals surface area contributed by atoms with Crippen molar-refractivity contribution in [2.75, 3.05) is 13.2 Å². The Morgan fingerprint density at radius 1 is 1.16 bits per heavy atom. The van der Waals surface area contributed by atoms with E-state index in [1.54, 1.807) is 0 Å². The number of fused-ring (bicyclic) bond motifs is 1. The minimum atomic E-state index is -0.677. The Hall–Kier alpha value is -2.31. The zero-order valence-electron chi connectivity index (χ0n) is 13.7. The predicted octanol–water partition coefficient (Wildman–Crippen LogP) is 2.00. The van der Waals surface area contributed by atoms with Crippen molar-refractivity contribution in [1.82, 2.24) is 10.6 Å². The van der Waals surface area contributed by atoms with E-state index in [0.29, 0.717) is 12.0 Å². The number of rotatable bonds is 6. The van der Waals surface area contributed by atoms with E-state index in [1.165, 1.54) is 17.7 Å². The first kappa shape index (κ1) is 17.5. The molecule has 0 radical (unpaired) electrons. The molecule has 2 aromatic carbocycles. The van der Waals surface area contributed by atoms with Crippen LogP contribution in [-0.4, -0.2) is 24.2 Å². The zero-order chi connectivity index (χ0) is 17.9. The van der Waals surface area contributed by atoms with Crippen LogP contribution in [0, 0.1) is 11.6 Å². The molecule has 0 fully saturated rings. The van der Waals surface area contributed by atoms with Crippen LogP contribution in [-0.2, 0) is 23.3 Å². The van der Waals surface area contributed by atoms with E-state index in [9.17, 15) is 18.7 Å². The van der Waals surface area contributed by atoms with Crippen molar-refractivity contribution < 1.29 is 18.7 Å². The molecule has 0 bridgehead atoms. The van der Waals surface area contributed by atoms with Crippen molar-refractivity contribution in [3.63, 3.8) is 0 Å². The van der Waals surface area contributed by atoms with Crippen LogP contribution in [0.15, 0.2) is 42.5 Å². The lowest BCUT2D eigenvalue weighted by Gasteiger charge is -2.29. The van der Waals surface area contributed by atoms with Gasteiger partial charge < -0.3 is 10.4 Å². The number of hydrogen-bond acceptors (Lipinski definition) is 3. The maximum absolute atomic E-state index is 13.1. The highest BCUT2D eigenvalue weighted by atomic mass is 19.1. The summed E-state index contributed by atoms with van der Waals surface area (Å²) in [6.07, 6.45) is 1.55. The van der Waals surface area contributed by atoms with Gasteiger partial charge in [0.05, 0.1) is 18.7 Å². The van der Waals surface area contributed by atoms with Gasteiger partial charge in [0.2, 0.25) is 5.91 Å². The normalized spacial score (nSPS) is 18.8. The van der Waals surface area contributed by atoms with Gasteiger partial charge in [-0.25, -0.2) is 8.78 Å². The molecular formula is C19H20F2N2O2. The van der Waals surface area contributed by atoms with Crippen LogP contribution in [0.3, 0.4) is 0 Å². The number of aryl methyl sites for hydroxylation is 1. The fourth-order valence-corrected chi connectivity index (χ4v) is 3.32. The number of hydrogen-bond donors (Lipinski definition) is 3. The van der Waals surface area contributed by atoms with Crippen molar-refractivity contribution in [2.24, 2.45) is 0 Å². The number of carbonyl (C=O) groups excluding carboxylic acids is 1. The summed E-state index contributed by atoms with van der Waals surface area (Å²) in [7, 11) is 0. The number of aliphatic hydroxyl groups excluding tert-OH is 1. The van der Waals surface area contributed by atoms with E-state index in [1.807, 2.05) is 24.3 Å². The molecule has 0 heterocycles. The van der Waals surface area contributed by atoms with Crippen LogP contribution in [0.5, 0.6) is 0 Å². The maximum atomic E-state index is 13.1. The molecule has 0 spiro atoms. The molecule has 132 valence electrons. The number of halogens is 2. The van der Waals surface area contributed by atoms with Gasteiger partial charge in [-0.2, -0.15) is 0 Å². The molecule has 0 saturated carbocycles. The van der Waals surface area contributed by atoms with Crippen molar-refractivity contribution in [1.29, 1.82) is 0 Å². The van der Waals surface area contributed by atoms with Gasteiger partial charge in [-0.15, -0.1) is 0 Å². The largest absolute Gasteiger partial charge is 0.394 e. The highest BCUT2D eigenvalue weighted by molar-refractivity contribution is 5.78. The first-order valence-electron chi connectivity index (χ1n) is 8.18. The van der Waals surface area contributed by atoms with Crippen molar-refractivity contribution >= 4 is 5.91 Å². The molecule has 4 nitrogen and oxygen atoms in total. The summed E-state index contributed by atoms with van der Waals surface area (Å²) in [5.74, 6) is -1.66. The second-order valence-electron chi connectivity index (χ2n) is 6.31. The molecule has 1 aliphatic carbocycles. The summed E-state index contributed by atoms with van der Waals surface area (Å²) in [6, 6.07) is 11.0. The van der Waals surface area contributed by atoms with Gasteiger partial charge >= 0.3 is 0 Å². The molecule has 25 heavy (non-hydrogen) atoms. The Kier molecular flexibility index (Phi) is 5.11. The molecule has 2 aromatic rings. The van der Waals surface area contributed by atoms with Crippen LogP contribution in [0.1, 0.15) is 23.1 Å². The number of nitrogens with one attached hydrogen (secondary N) is 2. The topological polar surface area (TPSA) is 61.4 Å². The second-order valence-corrected chi connectivity index (χ2v) is 6.31.